The highest BCUT2D eigenvalue weighted by atomic mass is 32.2. The molecule has 190 valence electrons. The normalized spacial score (nSPS) is 15.5. The van der Waals surface area contributed by atoms with Gasteiger partial charge in [0.1, 0.15) is 12.1 Å². The molecule has 5 atom stereocenters. The first kappa shape index (κ1) is 29.4. The number of hydrogen-bond acceptors (Lipinski definition) is 7. The molecule has 7 N–H and O–H groups in total. The maximum atomic E-state index is 13.2. The standard InChI is InChI=1S/C23H36N4O6S/c1-13(2)18(22(31)27-19(14(3)28)23(32)33)26-21(30)17(12-15-8-6-5-7-9-15)25-20(29)16(24)10-11-34-4/h5-9,13-14,16-19,28H,10-12,24H2,1-4H3,(H,25,29)(H,26,30)(H,27,31)(H,32,33). The number of rotatable bonds is 14. The summed E-state index contributed by atoms with van der Waals surface area (Å²) in [7, 11) is 0. The molecule has 11 heteroatoms. The van der Waals surface area contributed by atoms with Gasteiger partial charge in [0.15, 0.2) is 6.04 Å². The van der Waals surface area contributed by atoms with E-state index < -0.39 is 59.9 Å². The summed E-state index contributed by atoms with van der Waals surface area (Å²) in [6.45, 7) is 4.62. The van der Waals surface area contributed by atoms with E-state index in [1.807, 2.05) is 36.6 Å². The minimum atomic E-state index is -1.53. The number of thioether (sulfide) groups is 1. The van der Waals surface area contributed by atoms with E-state index in [2.05, 4.69) is 16.0 Å². The minimum Gasteiger partial charge on any atom is -0.480 e. The Labute approximate surface area is 204 Å². The van der Waals surface area contributed by atoms with Gasteiger partial charge in [0.05, 0.1) is 12.1 Å². The number of amides is 3. The van der Waals surface area contributed by atoms with Gasteiger partial charge in [-0.2, -0.15) is 11.8 Å². The van der Waals surface area contributed by atoms with E-state index in [4.69, 9.17) is 5.73 Å². The minimum absolute atomic E-state index is 0.172. The smallest absolute Gasteiger partial charge is 0.328 e. The lowest BCUT2D eigenvalue weighted by molar-refractivity contribution is -0.145. The van der Waals surface area contributed by atoms with Gasteiger partial charge in [0.25, 0.3) is 0 Å². The number of carbonyl (C=O) groups excluding carboxylic acids is 3. The lowest BCUT2D eigenvalue weighted by Gasteiger charge is -2.27. The summed E-state index contributed by atoms with van der Waals surface area (Å²) < 4.78 is 0. The Morgan fingerprint density at radius 2 is 1.53 bits per heavy atom. The molecule has 0 aliphatic rings. The molecule has 5 unspecified atom stereocenters. The molecule has 1 aromatic rings. The molecular formula is C23H36N4O6S. The Bertz CT molecular complexity index is 821. The average Bonchev–Trinajstić information content (AvgIpc) is 2.78. The third-order valence-corrected chi connectivity index (χ3v) is 5.82. The molecule has 1 rings (SSSR count). The maximum absolute atomic E-state index is 13.2. The highest BCUT2D eigenvalue weighted by molar-refractivity contribution is 7.98. The SMILES string of the molecule is CSCCC(N)C(=O)NC(Cc1ccccc1)C(=O)NC(C(=O)NC(C(=O)O)C(C)O)C(C)C. The number of aliphatic carboxylic acids is 1. The molecule has 0 aromatic heterocycles. The quantitative estimate of drug-likeness (QED) is 0.207. The summed E-state index contributed by atoms with van der Waals surface area (Å²) in [5, 5.41) is 26.5. The molecule has 1 aromatic carbocycles. The van der Waals surface area contributed by atoms with Gasteiger partial charge < -0.3 is 31.9 Å². The highest BCUT2D eigenvalue weighted by Gasteiger charge is 2.33. The van der Waals surface area contributed by atoms with Crippen LogP contribution in [0.1, 0.15) is 32.8 Å². The first-order valence-corrected chi connectivity index (χ1v) is 12.5. The predicted molar refractivity (Wildman–Crippen MR) is 131 cm³/mol. The summed E-state index contributed by atoms with van der Waals surface area (Å²) in [4.78, 5) is 49.9. The molecule has 0 saturated heterocycles. The van der Waals surface area contributed by atoms with Crippen LogP contribution in [0.5, 0.6) is 0 Å². The molecule has 10 nitrogen and oxygen atoms in total. The average molecular weight is 497 g/mol. The number of aliphatic hydroxyl groups excluding tert-OH is 1. The van der Waals surface area contributed by atoms with Gasteiger partial charge in [0.2, 0.25) is 17.7 Å². The second-order valence-corrected chi connectivity index (χ2v) is 9.42. The van der Waals surface area contributed by atoms with Crippen molar-refractivity contribution in [3.63, 3.8) is 0 Å². The van der Waals surface area contributed by atoms with Crippen LogP contribution in [0.3, 0.4) is 0 Å². The van der Waals surface area contributed by atoms with Crippen LogP contribution in [0, 0.1) is 5.92 Å². The molecule has 0 radical (unpaired) electrons. The Hall–Kier alpha value is -2.63. The van der Waals surface area contributed by atoms with Crippen LogP contribution in [0.4, 0.5) is 0 Å². The molecule has 3 amide bonds. The zero-order chi connectivity index (χ0) is 25.8. The number of carboxylic acids is 1. The fourth-order valence-electron chi connectivity index (χ4n) is 3.13. The van der Waals surface area contributed by atoms with Crippen LogP contribution in [-0.4, -0.2) is 76.2 Å². The number of benzene rings is 1. The monoisotopic (exact) mass is 496 g/mol. The van der Waals surface area contributed by atoms with Gasteiger partial charge in [-0.1, -0.05) is 44.2 Å². The fraction of sp³-hybridized carbons (Fsp3) is 0.565. The van der Waals surface area contributed by atoms with Crippen LogP contribution in [0.2, 0.25) is 0 Å². The van der Waals surface area contributed by atoms with Gasteiger partial charge in [0, 0.05) is 6.42 Å². The third kappa shape index (κ3) is 9.70. The van der Waals surface area contributed by atoms with Crippen molar-refractivity contribution in [2.24, 2.45) is 11.7 Å². The summed E-state index contributed by atoms with van der Waals surface area (Å²) in [5.41, 5.74) is 6.75. The molecule has 0 heterocycles. The Morgan fingerprint density at radius 3 is 2.03 bits per heavy atom. The van der Waals surface area contributed by atoms with E-state index in [0.29, 0.717) is 12.2 Å². The number of nitrogens with two attached hydrogens (primary N) is 1. The first-order valence-electron chi connectivity index (χ1n) is 11.1. The summed E-state index contributed by atoms with van der Waals surface area (Å²) in [6, 6.07) is 4.66. The molecule has 0 saturated carbocycles. The third-order valence-electron chi connectivity index (χ3n) is 5.18. The van der Waals surface area contributed by atoms with Crippen molar-refractivity contribution < 1.29 is 29.4 Å². The zero-order valence-corrected chi connectivity index (χ0v) is 20.8. The second kappa shape index (κ2) is 14.6. The van der Waals surface area contributed by atoms with Crippen LogP contribution < -0.4 is 21.7 Å². The molecule has 0 bridgehead atoms. The van der Waals surface area contributed by atoms with Crippen LogP contribution >= 0.6 is 11.8 Å². The molecule has 0 spiro atoms. The van der Waals surface area contributed by atoms with Crippen molar-refractivity contribution >= 4 is 35.5 Å². The lowest BCUT2D eigenvalue weighted by atomic mass is 10.00. The van der Waals surface area contributed by atoms with Crippen molar-refractivity contribution in [1.29, 1.82) is 0 Å². The van der Waals surface area contributed by atoms with Gasteiger partial charge in [-0.25, -0.2) is 4.79 Å². The van der Waals surface area contributed by atoms with E-state index >= 15 is 0 Å². The second-order valence-electron chi connectivity index (χ2n) is 8.43. The van der Waals surface area contributed by atoms with Crippen LogP contribution in [-0.2, 0) is 25.6 Å². The lowest BCUT2D eigenvalue weighted by Crippen LogP contribution is -2.60. The molecule has 0 aliphatic heterocycles. The van der Waals surface area contributed by atoms with E-state index in [-0.39, 0.29) is 6.42 Å². The van der Waals surface area contributed by atoms with Crippen molar-refractivity contribution in [1.82, 2.24) is 16.0 Å². The Kier molecular flexibility index (Phi) is 12.6. The van der Waals surface area contributed by atoms with E-state index in [1.165, 1.54) is 6.92 Å². The van der Waals surface area contributed by atoms with Crippen molar-refractivity contribution in [3.05, 3.63) is 35.9 Å². The highest BCUT2D eigenvalue weighted by Crippen LogP contribution is 2.08. The summed E-state index contributed by atoms with van der Waals surface area (Å²) in [5.74, 6) is -2.94. The Morgan fingerprint density at radius 1 is 0.941 bits per heavy atom. The van der Waals surface area contributed by atoms with E-state index in [0.717, 1.165) is 5.56 Å². The van der Waals surface area contributed by atoms with Gasteiger partial charge in [-0.05, 0) is 36.8 Å². The van der Waals surface area contributed by atoms with Crippen molar-refractivity contribution in [2.75, 3.05) is 12.0 Å². The van der Waals surface area contributed by atoms with E-state index in [9.17, 15) is 29.4 Å². The first-order chi connectivity index (χ1) is 16.0. The Balaban J connectivity index is 3.04. The molecule has 0 fully saturated rings. The fourth-order valence-corrected chi connectivity index (χ4v) is 3.62. The van der Waals surface area contributed by atoms with Crippen LogP contribution in [0.25, 0.3) is 0 Å². The number of aliphatic hydroxyl groups is 1. The molecular weight excluding hydrogens is 460 g/mol. The van der Waals surface area contributed by atoms with Crippen molar-refractivity contribution in [3.8, 4) is 0 Å². The number of carbonyl (C=O) groups is 4. The largest absolute Gasteiger partial charge is 0.480 e. The number of carboxylic acid groups (broad SMARTS) is 1. The van der Waals surface area contributed by atoms with Crippen LogP contribution in [0.15, 0.2) is 30.3 Å². The van der Waals surface area contributed by atoms with Gasteiger partial charge >= 0.3 is 5.97 Å². The summed E-state index contributed by atoms with van der Waals surface area (Å²) in [6.07, 6.45) is 1.18. The molecule has 0 aliphatic carbocycles. The summed E-state index contributed by atoms with van der Waals surface area (Å²) >= 11 is 1.56. The number of nitrogens with one attached hydrogen (secondary N) is 3. The number of hydrogen-bond donors (Lipinski definition) is 6. The maximum Gasteiger partial charge on any atom is 0.328 e. The van der Waals surface area contributed by atoms with E-state index in [1.54, 1.807) is 25.6 Å². The van der Waals surface area contributed by atoms with Gasteiger partial charge in [-0.15, -0.1) is 0 Å². The zero-order valence-electron chi connectivity index (χ0n) is 20.0. The van der Waals surface area contributed by atoms with Crippen molar-refractivity contribution in [2.45, 2.75) is 63.9 Å². The molecule has 34 heavy (non-hydrogen) atoms. The predicted octanol–water partition coefficient (Wildman–Crippen LogP) is -0.115. The topological polar surface area (TPSA) is 171 Å². The van der Waals surface area contributed by atoms with Gasteiger partial charge in [-0.3, -0.25) is 14.4 Å².